The third-order valence-electron chi connectivity index (χ3n) is 4.66. The highest BCUT2D eigenvalue weighted by Crippen LogP contribution is 2.36. The van der Waals surface area contributed by atoms with Gasteiger partial charge in [0, 0.05) is 26.3 Å². The van der Waals surface area contributed by atoms with E-state index in [1.165, 1.54) is 0 Å². The zero-order chi connectivity index (χ0) is 15.3. The van der Waals surface area contributed by atoms with Crippen LogP contribution in [0.3, 0.4) is 0 Å². The normalized spacial score (nSPS) is 24.6. The van der Waals surface area contributed by atoms with E-state index in [-0.39, 0.29) is 11.2 Å². The fourth-order valence-electron chi connectivity index (χ4n) is 2.61. The molecule has 0 spiro atoms. The first-order valence-corrected chi connectivity index (χ1v) is 7.52. The van der Waals surface area contributed by atoms with Gasteiger partial charge in [0.25, 0.3) is 0 Å². The van der Waals surface area contributed by atoms with Gasteiger partial charge < -0.3 is 23.5 Å². The molecule has 0 atom stereocenters. The highest BCUT2D eigenvalue weighted by Gasteiger charge is 2.52. The molecular formula is C14H24BN3O3. The Morgan fingerprint density at radius 3 is 2.24 bits per heavy atom. The third kappa shape index (κ3) is 2.58. The minimum absolute atomic E-state index is 0.339. The second kappa shape index (κ2) is 5.00. The second-order valence-electron chi connectivity index (χ2n) is 6.76. The Kier molecular flexibility index (Phi) is 3.54. The van der Waals surface area contributed by atoms with Crippen molar-refractivity contribution in [3.8, 4) is 0 Å². The van der Waals surface area contributed by atoms with Crippen molar-refractivity contribution in [3.63, 3.8) is 0 Å². The van der Waals surface area contributed by atoms with Crippen molar-refractivity contribution in [1.82, 2.24) is 9.55 Å². The molecule has 2 saturated heterocycles. The summed E-state index contributed by atoms with van der Waals surface area (Å²) in [4.78, 5) is 6.96. The van der Waals surface area contributed by atoms with Gasteiger partial charge in [-0.15, -0.1) is 0 Å². The average molecular weight is 293 g/mol. The van der Waals surface area contributed by atoms with Crippen molar-refractivity contribution in [2.45, 2.75) is 38.9 Å². The molecule has 7 heteroatoms. The van der Waals surface area contributed by atoms with E-state index in [4.69, 9.17) is 19.0 Å². The molecular weight excluding hydrogens is 269 g/mol. The molecule has 0 radical (unpaired) electrons. The molecule has 0 aliphatic carbocycles. The molecule has 3 rings (SSSR count). The van der Waals surface area contributed by atoms with Crippen molar-refractivity contribution in [1.29, 1.82) is 0 Å². The zero-order valence-corrected chi connectivity index (χ0v) is 13.5. The van der Waals surface area contributed by atoms with Crippen LogP contribution in [-0.2, 0) is 21.1 Å². The summed E-state index contributed by atoms with van der Waals surface area (Å²) in [7, 11) is 1.60. The molecule has 0 N–H and O–H groups in total. The van der Waals surface area contributed by atoms with Crippen LogP contribution in [-0.4, -0.2) is 54.2 Å². The standard InChI is InChI=1S/C14H24BN3O3/c1-13(2)14(3,4)21-15(20-13)11-10-17(5)12(16-11)18-6-8-19-9-7-18/h10H,6-9H2,1-5H3. The van der Waals surface area contributed by atoms with Gasteiger partial charge in [-0.25, -0.2) is 4.98 Å². The lowest BCUT2D eigenvalue weighted by atomic mass is 9.86. The van der Waals surface area contributed by atoms with Crippen molar-refractivity contribution >= 4 is 18.7 Å². The van der Waals surface area contributed by atoms with Gasteiger partial charge in [-0.2, -0.15) is 0 Å². The molecule has 0 saturated carbocycles. The van der Waals surface area contributed by atoms with Crippen LogP contribution in [0.5, 0.6) is 0 Å². The van der Waals surface area contributed by atoms with Crippen LogP contribution in [0.25, 0.3) is 0 Å². The van der Waals surface area contributed by atoms with Crippen molar-refractivity contribution < 1.29 is 14.0 Å². The highest BCUT2D eigenvalue weighted by molar-refractivity contribution is 6.61. The van der Waals surface area contributed by atoms with Crippen LogP contribution in [0.15, 0.2) is 6.20 Å². The lowest BCUT2D eigenvalue weighted by Gasteiger charge is -2.32. The Hall–Kier alpha value is -1.05. The molecule has 2 aliphatic heterocycles. The van der Waals surface area contributed by atoms with E-state index in [9.17, 15) is 0 Å². The van der Waals surface area contributed by atoms with E-state index in [0.717, 1.165) is 37.8 Å². The summed E-state index contributed by atoms with van der Waals surface area (Å²) in [5.41, 5.74) is 0.153. The number of ether oxygens (including phenoxy) is 1. The second-order valence-corrected chi connectivity index (χ2v) is 6.76. The van der Waals surface area contributed by atoms with Crippen LogP contribution in [0, 0.1) is 0 Å². The van der Waals surface area contributed by atoms with Gasteiger partial charge in [0.1, 0.15) is 0 Å². The first-order valence-electron chi connectivity index (χ1n) is 7.52. The number of anilines is 1. The molecule has 2 fully saturated rings. The first kappa shape index (κ1) is 14.9. The van der Waals surface area contributed by atoms with E-state index >= 15 is 0 Å². The molecule has 21 heavy (non-hydrogen) atoms. The Morgan fingerprint density at radius 1 is 1.10 bits per heavy atom. The molecule has 3 heterocycles. The van der Waals surface area contributed by atoms with Crippen LogP contribution in [0.4, 0.5) is 5.95 Å². The number of morpholine rings is 1. The summed E-state index contributed by atoms with van der Waals surface area (Å²) in [5.74, 6) is 0.947. The quantitative estimate of drug-likeness (QED) is 0.746. The third-order valence-corrected chi connectivity index (χ3v) is 4.66. The number of imidazole rings is 1. The number of nitrogens with zero attached hydrogens (tertiary/aromatic N) is 3. The lowest BCUT2D eigenvalue weighted by Crippen LogP contribution is -2.41. The van der Waals surface area contributed by atoms with E-state index in [1.54, 1.807) is 0 Å². The Balaban J connectivity index is 1.81. The predicted molar refractivity (Wildman–Crippen MR) is 82.0 cm³/mol. The number of hydrogen-bond acceptors (Lipinski definition) is 5. The number of aromatic nitrogens is 2. The molecule has 2 aliphatic rings. The van der Waals surface area contributed by atoms with Crippen LogP contribution in [0.1, 0.15) is 27.7 Å². The van der Waals surface area contributed by atoms with E-state index in [0.29, 0.717) is 0 Å². The number of aryl methyl sites for hydroxylation is 1. The van der Waals surface area contributed by atoms with E-state index in [1.807, 2.05) is 17.8 Å². The maximum absolute atomic E-state index is 6.06. The molecule has 0 aromatic carbocycles. The number of hydrogen-bond donors (Lipinski definition) is 0. The zero-order valence-electron chi connectivity index (χ0n) is 13.5. The smallest absolute Gasteiger partial charge is 0.398 e. The monoisotopic (exact) mass is 293 g/mol. The van der Waals surface area contributed by atoms with Crippen molar-refractivity contribution in [2.75, 3.05) is 31.2 Å². The maximum atomic E-state index is 6.06. The highest BCUT2D eigenvalue weighted by atomic mass is 16.7. The van der Waals surface area contributed by atoms with Crippen LogP contribution >= 0.6 is 0 Å². The minimum atomic E-state index is -0.406. The summed E-state index contributed by atoms with van der Waals surface area (Å²) in [6.45, 7) is 11.5. The summed E-state index contributed by atoms with van der Waals surface area (Å²) < 4.78 is 19.6. The Bertz CT molecular complexity index is 508. The Labute approximate surface area is 126 Å². The lowest BCUT2D eigenvalue weighted by molar-refractivity contribution is 0.00578. The summed E-state index contributed by atoms with van der Waals surface area (Å²) in [6.07, 6.45) is 1.99. The summed E-state index contributed by atoms with van der Waals surface area (Å²) in [5, 5.41) is 0. The van der Waals surface area contributed by atoms with Gasteiger partial charge in [0.2, 0.25) is 5.95 Å². The van der Waals surface area contributed by atoms with Crippen molar-refractivity contribution in [3.05, 3.63) is 6.20 Å². The first-order chi connectivity index (χ1) is 9.80. The predicted octanol–water partition coefficient (Wildman–Crippen LogP) is 0.556. The SMILES string of the molecule is Cn1cc(B2OC(C)(C)C(C)(C)O2)nc1N1CCOCC1. The van der Waals surface area contributed by atoms with Crippen molar-refractivity contribution in [2.24, 2.45) is 7.05 Å². The molecule has 0 bridgehead atoms. The van der Waals surface area contributed by atoms with Gasteiger partial charge in [-0.3, -0.25) is 0 Å². The van der Waals surface area contributed by atoms with E-state index in [2.05, 4.69) is 32.6 Å². The topological polar surface area (TPSA) is 48.8 Å². The fraction of sp³-hybridized carbons (Fsp3) is 0.786. The Morgan fingerprint density at radius 2 is 1.67 bits per heavy atom. The molecule has 6 nitrogen and oxygen atoms in total. The molecule has 0 amide bonds. The van der Waals surface area contributed by atoms with Crippen LogP contribution < -0.4 is 10.5 Å². The van der Waals surface area contributed by atoms with Gasteiger partial charge in [0.05, 0.1) is 30.0 Å². The van der Waals surface area contributed by atoms with Gasteiger partial charge in [-0.1, -0.05) is 0 Å². The number of rotatable bonds is 2. The molecule has 1 aromatic heterocycles. The largest absolute Gasteiger partial charge is 0.516 e. The van der Waals surface area contributed by atoms with Gasteiger partial charge in [-0.05, 0) is 27.7 Å². The average Bonchev–Trinajstić information content (AvgIpc) is 2.89. The van der Waals surface area contributed by atoms with E-state index < -0.39 is 7.12 Å². The molecule has 116 valence electrons. The molecule has 1 aromatic rings. The van der Waals surface area contributed by atoms with Gasteiger partial charge in [0.15, 0.2) is 0 Å². The summed E-state index contributed by atoms with van der Waals surface area (Å²) in [6, 6.07) is 0. The summed E-state index contributed by atoms with van der Waals surface area (Å²) >= 11 is 0. The van der Waals surface area contributed by atoms with Crippen LogP contribution in [0.2, 0.25) is 0 Å². The fourth-order valence-corrected chi connectivity index (χ4v) is 2.61. The minimum Gasteiger partial charge on any atom is -0.398 e. The maximum Gasteiger partial charge on any atom is 0.516 e. The van der Waals surface area contributed by atoms with Gasteiger partial charge >= 0.3 is 7.12 Å². The molecule has 0 unspecified atom stereocenters.